The number of aliphatic hydroxyl groups is 1. The zero-order valence-electron chi connectivity index (χ0n) is 27.3. The first-order valence-corrected chi connectivity index (χ1v) is 15.9. The molecule has 0 saturated heterocycles. The van der Waals surface area contributed by atoms with E-state index >= 15 is 0 Å². The summed E-state index contributed by atoms with van der Waals surface area (Å²) in [5.74, 6) is -1.41. The Hall–Kier alpha value is -3.93. The fourth-order valence-electron chi connectivity index (χ4n) is 4.98. The predicted molar refractivity (Wildman–Crippen MR) is 175 cm³/mol. The molecule has 1 aliphatic heterocycles. The molecular weight excluding hydrogens is 638 g/mol. The number of hydrogen-bond donors (Lipinski definition) is 7. The summed E-state index contributed by atoms with van der Waals surface area (Å²) in [5.41, 5.74) is 7.01. The maximum Gasteiger partial charge on any atom is 0.405 e. The molecule has 1 aliphatic rings. The number of ether oxygens (including phenoxy) is 3. The van der Waals surface area contributed by atoms with Gasteiger partial charge in [0, 0.05) is 43.9 Å². The molecule has 0 unspecified atom stereocenters. The lowest BCUT2D eigenvalue weighted by Gasteiger charge is -2.29. The van der Waals surface area contributed by atoms with Crippen molar-refractivity contribution >= 4 is 33.8 Å². The van der Waals surface area contributed by atoms with Gasteiger partial charge in [-0.15, -0.1) is 6.58 Å². The average molecular weight is 685 g/mol. The van der Waals surface area contributed by atoms with Crippen molar-refractivity contribution in [1.82, 2.24) is 0 Å². The standard InChI is InChI=1S/C31H45N3O8.H2O4S/c1-8-12-33-26-21-13-17(2)14-25(41-7)27(36)19(4)15-20(5)29(42-31(32)39)24(40-6)11-9-10-18(3)30(38)34-22(28(21)37)16-23(26)35;1-5(2,3)4/h8-11,15-17,19,24-25,27,29,33,35-37H,1,12-14H2,2-7H3,(H2,32,39)(H,34,38);(H2,1,2,3,4)/p-1/b11-9-,18-10+,20-15+;/t17-,19+,24+,25+,27-,29+;/m1./s1. The number of aromatic hydroxyl groups is 2. The van der Waals surface area contributed by atoms with Gasteiger partial charge in [-0.25, -0.2) is 13.2 Å². The highest BCUT2D eigenvalue weighted by atomic mass is 32.3. The summed E-state index contributed by atoms with van der Waals surface area (Å²) in [7, 11) is -1.96. The number of phenols is 2. The van der Waals surface area contributed by atoms with Crippen LogP contribution in [0.25, 0.3) is 0 Å². The molecule has 0 spiro atoms. The number of fused-ring (bicyclic) bond motifs is 2. The molecule has 47 heavy (non-hydrogen) atoms. The van der Waals surface area contributed by atoms with Crippen LogP contribution in [-0.2, 0) is 35.8 Å². The highest BCUT2D eigenvalue weighted by Crippen LogP contribution is 2.42. The first-order valence-electron chi connectivity index (χ1n) is 14.5. The van der Waals surface area contributed by atoms with Gasteiger partial charge in [0.1, 0.15) is 17.6 Å². The van der Waals surface area contributed by atoms with Crippen LogP contribution in [0.1, 0.15) is 39.7 Å². The fraction of sp³-hybridized carbons (Fsp3) is 0.484. The Morgan fingerprint density at radius 1 is 1.23 bits per heavy atom. The number of phenolic OH excluding ortho intramolecular Hbond substituents is 2. The van der Waals surface area contributed by atoms with Crippen molar-refractivity contribution in [3.05, 3.63) is 59.7 Å². The molecule has 0 radical (unpaired) electrons. The molecule has 8 N–H and O–H groups in total. The minimum Gasteiger partial charge on any atom is -0.726 e. The summed E-state index contributed by atoms with van der Waals surface area (Å²) in [5, 5.41) is 39.1. The van der Waals surface area contributed by atoms with E-state index in [9.17, 15) is 24.9 Å². The van der Waals surface area contributed by atoms with Crippen molar-refractivity contribution in [3.8, 4) is 11.5 Å². The summed E-state index contributed by atoms with van der Waals surface area (Å²) in [4.78, 5) is 24.7. The lowest BCUT2D eigenvalue weighted by atomic mass is 9.87. The molecule has 2 amide bonds. The van der Waals surface area contributed by atoms with Gasteiger partial charge in [-0.1, -0.05) is 44.2 Å². The van der Waals surface area contributed by atoms with Crippen LogP contribution in [0.3, 0.4) is 0 Å². The Labute approximate surface area is 275 Å². The van der Waals surface area contributed by atoms with Crippen molar-refractivity contribution in [1.29, 1.82) is 0 Å². The smallest absolute Gasteiger partial charge is 0.405 e. The molecular formula is C31H46N3O12S-. The molecule has 0 aliphatic carbocycles. The molecule has 1 heterocycles. The number of nitrogens with two attached hydrogens (primary N) is 1. The fourth-order valence-corrected chi connectivity index (χ4v) is 4.98. The van der Waals surface area contributed by atoms with Gasteiger partial charge in [0.05, 0.1) is 23.6 Å². The number of aliphatic hydroxyl groups excluding tert-OH is 1. The monoisotopic (exact) mass is 684 g/mol. The van der Waals surface area contributed by atoms with E-state index in [0.717, 1.165) is 0 Å². The van der Waals surface area contributed by atoms with E-state index in [4.69, 9.17) is 37.5 Å². The van der Waals surface area contributed by atoms with E-state index in [-0.39, 0.29) is 23.1 Å². The van der Waals surface area contributed by atoms with Gasteiger partial charge in [-0.2, -0.15) is 0 Å². The highest BCUT2D eigenvalue weighted by Gasteiger charge is 2.30. The molecule has 0 saturated carbocycles. The number of benzene rings is 1. The first kappa shape index (κ1) is 41.1. The molecule has 16 heteroatoms. The molecule has 2 bridgehead atoms. The number of rotatable bonds is 6. The molecule has 0 fully saturated rings. The number of carbonyl (C=O) groups excluding carboxylic acids is 2. The number of hydrogen-bond acceptors (Lipinski definition) is 12. The minimum atomic E-state index is -4.92. The summed E-state index contributed by atoms with van der Waals surface area (Å²) in [6, 6.07) is 1.28. The van der Waals surface area contributed by atoms with E-state index in [1.54, 1.807) is 38.2 Å². The maximum absolute atomic E-state index is 13.0. The quantitative estimate of drug-likeness (QED) is 0.0749. The number of allylic oxidation sites excluding steroid dienone is 2. The van der Waals surface area contributed by atoms with Crippen molar-refractivity contribution in [2.75, 3.05) is 31.4 Å². The molecule has 15 nitrogen and oxygen atoms in total. The van der Waals surface area contributed by atoms with Gasteiger partial charge in [0.25, 0.3) is 5.91 Å². The normalized spacial score (nSPS) is 27.4. The van der Waals surface area contributed by atoms with Gasteiger partial charge in [0.2, 0.25) is 10.4 Å². The Morgan fingerprint density at radius 2 is 1.85 bits per heavy atom. The Morgan fingerprint density at radius 3 is 2.38 bits per heavy atom. The topological polar surface area (TPSA) is 250 Å². The number of amides is 2. The zero-order valence-corrected chi connectivity index (χ0v) is 28.1. The SMILES string of the molecule is C=CCNc1c(O)cc2c(O)c1C[C@@H](C)C[C@H](OC)[C@H](O)[C@@H](C)/C=C(\C)[C@H](OC(N)=O)[C@@H](OC)/C=C\C=C(/C)C(=O)N2.O=S(=O)([O-])O. The van der Waals surface area contributed by atoms with Crippen LogP contribution >= 0.6 is 0 Å². The zero-order chi connectivity index (χ0) is 36.1. The van der Waals surface area contributed by atoms with Gasteiger partial charge < -0.3 is 50.5 Å². The van der Waals surface area contributed by atoms with Crippen LogP contribution in [-0.4, -0.2) is 90.0 Å². The molecule has 1 aromatic carbocycles. The van der Waals surface area contributed by atoms with Gasteiger partial charge in [0.15, 0.2) is 6.10 Å². The molecule has 264 valence electrons. The number of nitrogens with one attached hydrogen (secondary N) is 2. The lowest BCUT2D eigenvalue weighted by molar-refractivity contribution is -0.112. The van der Waals surface area contributed by atoms with E-state index in [0.29, 0.717) is 41.8 Å². The van der Waals surface area contributed by atoms with Crippen LogP contribution in [0, 0.1) is 11.8 Å². The largest absolute Gasteiger partial charge is 0.726 e. The van der Waals surface area contributed by atoms with Crippen LogP contribution < -0.4 is 16.4 Å². The third-order valence-corrected chi connectivity index (χ3v) is 7.25. The molecule has 6 atom stereocenters. The first-order chi connectivity index (χ1) is 21.8. The number of primary amides is 1. The van der Waals surface area contributed by atoms with Crippen molar-refractivity contribution in [2.24, 2.45) is 17.6 Å². The highest BCUT2D eigenvalue weighted by molar-refractivity contribution is 7.79. The molecule has 1 aromatic rings. The second-order valence-electron chi connectivity index (χ2n) is 11.1. The summed E-state index contributed by atoms with van der Waals surface area (Å²) in [6.45, 7) is 11.1. The van der Waals surface area contributed by atoms with E-state index in [2.05, 4.69) is 17.2 Å². The summed E-state index contributed by atoms with van der Waals surface area (Å²) < 4.78 is 49.4. The van der Waals surface area contributed by atoms with E-state index in [1.165, 1.54) is 26.4 Å². The van der Waals surface area contributed by atoms with Gasteiger partial charge in [-0.3, -0.25) is 9.35 Å². The van der Waals surface area contributed by atoms with E-state index < -0.39 is 52.7 Å². The lowest BCUT2D eigenvalue weighted by Crippen LogP contribution is -2.37. The Bertz CT molecular complexity index is 1430. The maximum atomic E-state index is 13.0. The third-order valence-electron chi connectivity index (χ3n) is 7.25. The van der Waals surface area contributed by atoms with Gasteiger partial charge in [-0.05, 0) is 38.2 Å². The Balaban J connectivity index is 0.00000204. The van der Waals surface area contributed by atoms with Crippen molar-refractivity contribution in [3.63, 3.8) is 0 Å². The van der Waals surface area contributed by atoms with Crippen LogP contribution in [0.15, 0.2) is 54.2 Å². The second-order valence-corrected chi connectivity index (χ2v) is 11.9. The molecule has 0 aromatic heterocycles. The molecule has 2 rings (SSSR count). The summed E-state index contributed by atoms with van der Waals surface area (Å²) >= 11 is 0. The predicted octanol–water partition coefficient (Wildman–Crippen LogP) is 3.16. The second kappa shape index (κ2) is 19.0. The number of carbonyl (C=O) groups is 2. The number of anilines is 2. The van der Waals surface area contributed by atoms with Crippen LogP contribution in [0.5, 0.6) is 11.5 Å². The van der Waals surface area contributed by atoms with Crippen molar-refractivity contribution in [2.45, 2.75) is 65.0 Å². The number of methoxy groups -OCH3 is 2. The Kier molecular flexibility index (Phi) is 16.6. The average Bonchev–Trinajstić information content (AvgIpc) is 2.97. The van der Waals surface area contributed by atoms with Gasteiger partial charge >= 0.3 is 6.09 Å². The van der Waals surface area contributed by atoms with E-state index in [1.807, 2.05) is 13.8 Å². The summed E-state index contributed by atoms with van der Waals surface area (Å²) in [6.07, 6.45) is 4.64. The van der Waals surface area contributed by atoms with Crippen molar-refractivity contribution < 1.29 is 56.6 Å². The van der Waals surface area contributed by atoms with Crippen LogP contribution in [0.4, 0.5) is 16.2 Å². The van der Waals surface area contributed by atoms with Crippen LogP contribution in [0.2, 0.25) is 0 Å². The minimum absolute atomic E-state index is 0.0416. The third kappa shape index (κ3) is 13.8.